The standard InChI is InChI=1S/C17H14O3S/c1-19-14-6-5-11-9-13(4-3-12(11)10-14)16(18)17-15(20-2)7-8-21-17/h3-10H,1-2H3. The molecule has 0 saturated heterocycles. The Morgan fingerprint density at radius 1 is 0.952 bits per heavy atom. The van der Waals surface area contributed by atoms with E-state index in [4.69, 9.17) is 9.47 Å². The van der Waals surface area contributed by atoms with Gasteiger partial charge in [0.1, 0.15) is 16.4 Å². The Balaban J connectivity index is 2.03. The normalized spacial score (nSPS) is 10.6. The fourth-order valence-corrected chi connectivity index (χ4v) is 3.07. The summed E-state index contributed by atoms with van der Waals surface area (Å²) in [7, 11) is 3.22. The third-order valence-corrected chi connectivity index (χ3v) is 4.26. The minimum atomic E-state index is -0.0143. The number of methoxy groups -OCH3 is 2. The number of ether oxygens (including phenoxy) is 2. The molecule has 0 aliphatic carbocycles. The predicted octanol–water partition coefficient (Wildman–Crippen LogP) is 4.15. The lowest BCUT2D eigenvalue weighted by molar-refractivity contribution is 0.104. The van der Waals surface area contributed by atoms with E-state index in [9.17, 15) is 4.79 Å². The Kier molecular flexibility index (Phi) is 3.62. The van der Waals surface area contributed by atoms with Crippen LogP contribution in [0.25, 0.3) is 10.8 Å². The summed E-state index contributed by atoms with van der Waals surface area (Å²) in [6.45, 7) is 0. The van der Waals surface area contributed by atoms with Crippen LogP contribution in [0, 0.1) is 0 Å². The first-order valence-corrected chi connectivity index (χ1v) is 7.35. The van der Waals surface area contributed by atoms with E-state index < -0.39 is 0 Å². The topological polar surface area (TPSA) is 35.5 Å². The van der Waals surface area contributed by atoms with Crippen molar-refractivity contribution >= 4 is 27.9 Å². The van der Waals surface area contributed by atoms with Gasteiger partial charge in [-0.1, -0.05) is 18.2 Å². The smallest absolute Gasteiger partial charge is 0.206 e. The molecule has 1 aromatic heterocycles. The molecule has 21 heavy (non-hydrogen) atoms. The van der Waals surface area contributed by atoms with Gasteiger partial charge in [0.25, 0.3) is 0 Å². The number of hydrogen-bond donors (Lipinski definition) is 0. The van der Waals surface area contributed by atoms with Gasteiger partial charge in [0.2, 0.25) is 5.78 Å². The summed E-state index contributed by atoms with van der Waals surface area (Å²) < 4.78 is 10.4. The molecule has 1 heterocycles. The van der Waals surface area contributed by atoms with Crippen LogP contribution in [0.4, 0.5) is 0 Å². The Bertz CT molecular complexity index is 805. The molecule has 4 heteroatoms. The predicted molar refractivity (Wildman–Crippen MR) is 84.8 cm³/mol. The Morgan fingerprint density at radius 2 is 1.71 bits per heavy atom. The van der Waals surface area contributed by atoms with Crippen molar-refractivity contribution in [1.29, 1.82) is 0 Å². The second-order valence-corrected chi connectivity index (χ2v) is 5.49. The van der Waals surface area contributed by atoms with Gasteiger partial charge in [-0.05, 0) is 40.4 Å². The zero-order chi connectivity index (χ0) is 14.8. The number of carbonyl (C=O) groups excluding carboxylic acids is 1. The molecule has 0 spiro atoms. The van der Waals surface area contributed by atoms with E-state index >= 15 is 0 Å². The van der Waals surface area contributed by atoms with Crippen LogP contribution < -0.4 is 9.47 Å². The first-order valence-electron chi connectivity index (χ1n) is 6.47. The maximum Gasteiger partial charge on any atom is 0.206 e. The molecule has 2 aromatic carbocycles. The zero-order valence-corrected chi connectivity index (χ0v) is 12.6. The van der Waals surface area contributed by atoms with Crippen LogP contribution in [-0.4, -0.2) is 20.0 Å². The second kappa shape index (κ2) is 5.58. The van der Waals surface area contributed by atoms with Crippen molar-refractivity contribution in [1.82, 2.24) is 0 Å². The quantitative estimate of drug-likeness (QED) is 0.679. The molecule has 3 nitrogen and oxygen atoms in total. The van der Waals surface area contributed by atoms with Crippen LogP contribution in [0.3, 0.4) is 0 Å². The maximum atomic E-state index is 12.6. The van der Waals surface area contributed by atoms with Gasteiger partial charge in [0.05, 0.1) is 14.2 Å². The molecule has 0 saturated carbocycles. The van der Waals surface area contributed by atoms with Crippen LogP contribution in [0.15, 0.2) is 47.8 Å². The van der Waals surface area contributed by atoms with E-state index in [0.717, 1.165) is 16.5 Å². The Hall–Kier alpha value is -2.33. The van der Waals surface area contributed by atoms with Crippen molar-refractivity contribution < 1.29 is 14.3 Å². The van der Waals surface area contributed by atoms with Crippen molar-refractivity contribution in [2.45, 2.75) is 0 Å². The lowest BCUT2D eigenvalue weighted by atomic mass is 10.0. The highest BCUT2D eigenvalue weighted by atomic mass is 32.1. The van der Waals surface area contributed by atoms with Gasteiger partial charge in [-0.2, -0.15) is 0 Å². The maximum absolute atomic E-state index is 12.6. The van der Waals surface area contributed by atoms with Crippen molar-refractivity contribution in [2.24, 2.45) is 0 Å². The van der Waals surface area contributed by atoms with Crippen LogP contribution in [0.2, 0.25) is 0 Å². The monoisotopic (exact) mass is 298 g/mol. The lowest BCUT2D eigenvalue weighted by Gasteiger charge is -2.06. The van der Waals surface area contributed by atoms with E-state index in [1.807, 2.05) is 47.8 Å². The largest absolute Gasteiger partial charge is 0.497 e. The molecule has 0 atom stereocenters. The fraction of sp³-hybridized carbons (Fsp3) is 0.118. The first kappa shape index (κ1) is 13.6. The summed E-state index contributed by atoms with van der Waals surface area (Å²) in [5.41, 5.74) is 0.661. The summed E-state index contributed by atoms with van der Waals surface area (Å²) in [4.78, 5) is 13.2. The average Bonchev–Trinajstić information content (AvgIpc) is 3.01. The molecule has 3 aromatic rings. The number of hydrogen-bond acceptors (Lipinski definition) is 4. The summed E-state index contributed by atoms with van der Waals surface area (Å²) >= 11 is 1.39. The SMILES string of the molecule is COc1ccc2cc(C(=O)c3sccc3OC)ccc2c1. The summed E-state index contributed by atoms with van der Waals surface area (Å²) in [6.07, 6.45) is 0. The van der Waals surface area contributed by atoms with Crippen molar-refractivity contribution in [3.63, 3.8) is 0 Å². The molecule has 0 aliphatic rings. The molecular formula is C17H14O3S. The molecule has 0 radical (unpaired) electrons. The van der Waals surface area contributed by atoms with Gasteiger partial charge in [0.15, 0.2) is 0 Å². The molecule has 0 N–H and O–H groups in total. The molecule has 3 rings (SSSR count). The summed E-state index contributed by atoms with van der Waals surface area (Å²) in [5, 5.41) is 3.92. The van der Waals surface area contributed by atoms with E-state index in [1.54, 1.807) is 14.2 Å². The van der Waals surface area contributed by atoms with Gasteiger partial charge < -0.3 is 9.47 Å². The van der Waals surface area contributed by atoms with Gasteiger partial charge >= 0.3 is 0 Å². The molecule has 0 aliphatic heterocycles. The number of ketones is 1. The third kappa shape index (κ3) is 2.50. The summed E-state index contributed by atoms with van der Waals surface area (Å²) in [6, 6.07) is 13.3. The molecule has 106 valence electrons. The van der Waals surface area contributed by atoms with Crippen LogP contribution in [0.1, 0.15) is 15.2 Å². The van der Waals surface area contributed by atoms with Crippen molar-refractivity contribution in [2.75, 3.05) is 14.2 Å². The summed E-state index contributed by atoms with van der Waals surface area (Å²) in [5.74, 6) is 1.42. The van der Waals surface area contributed by atoms with E-state index in [2.05, 4.69) is 0 Å². The van der Waals surface area contributed by atoms with E-state index in [0.29, 0.717) is 16.2 Å². The highest BCUT2D eigenvalue weighted by Gasteiger charge is 2.16. The van der Waals surface area contributed by atoms with Gasteiger partial charge in [-0.3, -0.25) is 4.79 Å². The van der Waals surface area contributed by atoms with Crippen molar-refractivity contribution in [3.05, 3.63) is 58.3 Å². The van der Waals surface area contributed by atoms with E-state index in [1.165, 1.54) is 11.3 Å². The van der Waals surface area contributed by atoms with Crippen LogP contribution in [0.5, 0.6) is 11.5 Å². The Labute approximate surface area is 126 Å². The lowest BCUT2D eigenvalue weighted by Crippen LogP contribution is -2.00. The molecular weight excluding hydrogens is 284 g/mol. The number of carbonyl (C=O) groups is 1. The van der Waals surface area contributed by atoms with Crippen LogP contribution >= 0.6 is 11.3 Å². The molecule has 0 bridgehead atoms. The molecule has 0 amide bonds. The fourth-order valence-electron chi connectivity index (χ4n) is 2.25. The minimum Gasteiger partial charge on any atom is -0.497 e. The van der Waals surface area contributed by atoms with Crippen LogP contribution in [-0.2, 0) is 0 Å². The van der Waals surface area contributed by atoms with Crippen molar-refractivity contribution in [3.8, 4) is 11.5 Å². The number of benzene rings is 2. The second-order valence-electron chi connectivity index (χ2n) is 4.58. The van der Waals surface area contributed by atoms with Gasteiger partial charge in [-0.25, -0.2) is 0 Å². The third-order valence-electron chi connectivity index (χ3n) is 3.36. The number of rotatable bonds is 4. The van der Waals surface area contributed by atoms with E-state index in [-0.39, 0.29) is 5.78 Å². The first-order chi connectivity index (χ1) is 10.2. The molecule has 0 fully saturated rings. The number of fused-ring (bicyclic) bond motifs is 1. The number of thiophene rings is 1. The average molecular weight is 298 g/mol. The van der Waals surface area contributed by atoms with Gasteiger partial charge in [0, 0.05) is 5.56 Å². The Morgan fingerprint density at radius 3 is 2.48 bits per heavy atom. The minimum absolute atomic E-state index is 0.0143. The molecule has 0 unspecified atom stereocenters. The zero-order valence-electron chi connectivity index (χ0n) is 11.8. The van der Waals surface area contributed by atoms with Gasteiger partial charge in [-0.15, -0.1) is 11.3 Å². The highest BCUT2D eigenvalue weighted by molar-refractivity contribution is 7.12. The highest BCUT2D eigenvalue weighted by Crippen LogP contribution is 2.29.